The zero-order valence-electron chi connectivity index (χ0n) is 9.99. The van der Waals surface area contributed by atoms with Crippen LogP contribution in [0.15, 0.2) is 11.6 Å². The van der Waals surface area contributed by atoms with Gasteiger partial charge in [-0.05, 0) is 32.3 Å². The van der Waals surface area contributed by atoms with Gasteiger partial charge in [0.1, 0.15) is 6.10 Å². The number of hydrogen-bond acceptors (Lipinski definition) is 4. The van der Waals surface area contributed by atoms with E-state index in [1.807, 2.05) is 6.08 Å². The van der Waals surface area contributed by atoms with Crippen molar-refractivity contribution in [1.82, 2.24) is 0 Å². The third-order valence-electron chi connectivity index (χ3n) is 2.63. The van der Waals surface area contributed by atoms with Crippen LogP contribution in [0.2, 0.25) is 0 Å². The van der Waals surface area contributed by atoms with Crippen molar-refractivity contribution < 1.29 is 19.1 Å². The monoisotopic (exact) mass is 226 g/mol. The fourth-order valence-electron chi connectivity index (χ4n) is 1.89. The Bertz CT molecular complexity index is 306. The molecule has 1 rings (SSSR count). The van der Waals surface area contributed by atoms with Gasteiger partial charge >= 0.3 is 11.9 Å². The van der Waals surface area contributed by atoms with E-state index < -0.39 is 0 Å². The summed E-state index contributed by atoms with van der Waals surface area (Å²) < 4.78 is 10.1. The molecule has 0 N–H and O–H groups in total. The maximum Gasteiger partial charge on any atom is 0.312 e. The number of esters is 2. The highest BCUT2D eigenvalue weighted by Gasteiger charge is 2.30. The molecule has 0 heterocycles. The lowest BCUT2D eigenvalue weighted by atomic mass is 9.99. The number of hydrogen-bond donors (Lipinski definition) is 0. The molecule has 1 aliphatic carbocycles. The van der Waals surface area contributed by atoms with Crippen LogP contribution >= 0.6 is 0 Å². The first-order valence-electron chi connectivity index (χ1n) is 5.60. The van der Waals surface area contributed by atoms with Crippen molar-refractivity contribution >= 4 is 11.9 Å². The van der Waals surface area contributed by atoms with Crippen LogP contribution in [-0.4, -0.2) is 24.6 Å². The lowest BCUT2D eigenvalue weighted by molar-refractivity contribution is -0.149. The van der Waals surface area contributed by atoms with Crippen LogP contribution in [-0.2, 0) is 19.1 Å². The molecular weight excluding hydrogens is 208 g/mol. The van der Waals surface area contributed by atoms with Crippen LogP contribution < -0.4 is 0 Å². The molecule has 90 valence electrons. The quantitative estimate of drug-likeness (QED) is 0.542. The first-order chi connectivity index (χ1) is 7.56. The van der Waals surface area contributed by atoms with Crippen LogP contribution in [0.4, 0.5) is 0 Å². The first-order valence-corrected chi connectivity index (χ1v) is 5.60. The molecule has 16 heavy (non-hydrogen) atoms. The molecule has 0 saturated heterocycles. The van der Waals surface area contributed by atoms with Gasteiger partial charge in [0.15, 0.2) is 0 Å². The summed E-state index contributed by atoms with van der Waals surface area (Å²) in [6.45, 7) is 5.31. The Morgan fingerprint density at radius 3 is 2.81 bits per heavy atom. The fourth-order valence-corrected chi connectivity index (χ4v) is 1.89. The minimum Gasteiger partial charge on any atom is -0.466 e. The average molecular weight is 226 g/mol. The van der Waals surface area contributed by atoms with E-state index in [-0.39, 0.29) is 24.0 Å². The number of ether oxygens (including phenoxy) is 2. The Hall–Kier alpha value is -1.32. The molecule has 0 aromatic rings. The molecule has 0 amide bonds. The van der Waals surface area contributed by atoms with Crippen molar-refractivity contribution in [1.29, 1.82) is 0 Å². The van der Waals surface area contributed by atoms with E-state index in [9.17, 15) is 9.59 Å². The predicted molar refractivity (Wildman–Crippen MR) is 58.7 cm³/mol. The van der Waals surface area contributed by atoms with Gasteiger partial charge in [0.2, 0.25) is 0 Å². The van der Waals surface area contributed by atoms with Crippen LogP contribution in [0.1, 0.15) is 33.6 Å². The summed E-state index contributed by atoms with van der Waals surface area (Å²) in [5, 5.41) is 0. The van der Waals surface area contributed by atoms with E-state index in [2.05, 4.69) is 0 Å². The summed E-state index contributed by atoms with van der Waals surface area (Å²) in [5.74, 6) is -0.895. The average Bonchev–Trinajstić information content (AvgIpc) is 2.64. The van der Waals surface area contributed by atoms with Gasteiger partial charge in [-0.15, -0.1) is 0 Å². The number of allylic oxidation sites excluding steroid dienone is 1. The molecular formula is C12H18O4. The third-order valence-corrected chi connectivity index (χ3v) is 2.63. The largest absolute Gasteiger partial charge is 0.466 e. The lowest BCUT2D eigenvalue weighted by Crippen LogP contribution is -2.25. The first kappa shape index (κ1) is 12.7. The molecule has 4 nitrogen and oxygen atoms in total. The summed E-state index contributed by atoms with van der Waals surface area (Å²) in [4.78, 5) is 22.5. The fraction of sp³-hybridized carbons (Fsp3) is 0.667. The highest BCUT2D eigenvalue weighted by atomic mass is 16.5. The molecule has 0 aromatic heterocycles. The Labute approximate surface area is 95.6 Å². The second-order valence-corrected chi connectivity index (χ2v) is 3.85. The van der Waals surface area contributed by atoms with Gasteiger partial charge in [-0.25, -0.2) is 0 Å². The van der Waals surface area contributed by atoms with E-state index in [0.29, 0.717) is 6.61 Å². The zero-order chi connectivity index (χ0) is 12.1. The lowest BCUT2D eigenvalue weighted by Gasteiger charge is -2.19. The van der Waals surface area contributed by atoms with Gasteiger partial charge in [-0.3, -0.25) is 9.59 Å². The van der Waals surface area contributed by atoms with Crippen molar-refractivity contribution in [3.63, 3.8) is 0 Å². The number of rotatable bonds is 4. The van der Waals surface area contributed by atoms with Gasteiger partial charge < -0.3 is 9.47 Å². The molecule has 0 aliphatic heterocycles. The highest BCUT2D eigenvalue weighted by Crippen LogP contribution is 2.29. The second-order valence-electron chi connectivity index (χ2n) is 3.85. The third kappa shape index (κ3) is 3.08. The number of carbonyl (C=O) groups excluding carboxylic acids is 2. The Morgan fingerprint density at radius 2 is 2.25 bits per heavy atom. The molecule has 2 atom stereocenters. The van der Waals surface area contributed by atoms with E-state index in [1.165, 1.54) is 6.92 Å². The van der Waals surface area contributed by atoms with Gasteiger partial charge in [0, 0.05) is 6.92 Å². The van der Waals surface area contributed by atoms with Crippen molar-refractivity contribution in [2.24, 2.45) is 5.92 Å². The molecule has 0 fully saturated rings. The molecule has 0 aromatic carbocycles. The molecule has 1 unspecified atom stereocenters. The topological polar surface area (TPSA) is 52.6 Å². The van der Waals surface area contributed by atoms with Crippen molar-refractivity contribution in [2.75, 3.05) is 6.61 Å². The van der Waals surface area contributed by atoms with Crippen LogP contribution in [0.5, 0.6) is 0 Å². The molecule has 0 radical (unpaired) electrons. The molecule has 1 aliphatic rings. The maximum absolute atomic E-state index is 11.6. The zero-order valence-corrected chi connectivity index (χ0v) is 9.99. The normalized spacial score (nSPS) is 21.2. The molecule has 0 saturated carbocycles. The second kappa shape index (κ2) is 5.68. The van der Waals surface area contributed by atoms with E-state index in [1.54, 1.807) is 13.8 Å². The van der Waals surface area contributed by atoms with Crippen molar-refractivity contribution in [2.45, 2.75) is 39.7 Å². The molecule has 0 spiro atoms. The predicted octanol–water partition coefficient (Wildman–Crippen LogP) is 1.84. The Balaban J connectivity index is 2.63. The van der Waals surface area contributed by atoms with Gasteiger partial charge in [-0.2, -0.15) is 0 Å². The minimum atomic E-state index is -0.327. The van der Waals surface area contributed by atoms with E-state index in [0.717, 1.165) is 18.4 Å². The van der Waals surface area contributed by atoms with Crippen molar-refractivity contribution in [3.8, 4) is 0 Å². The van der Waals surface area contributed by atoms with E-state index >= 15 is 0 Å². The van der Waals surface area contributed by atoms with Crippen LogP contribution in [0.25, 0.3) is 0 Å². The Morgan fingerprint density at radius 1 is 1.56 bits per heavy atom. The van der Waals surface area contributed by atoms with E-state index in [4.69, 9.17) is 9.47 Å². The van der Waals surface area contributed by atoms with Crippen LogP contribution in [0.3, 0.4) is 0 Å². The van der Waals surface area contributed by atoms with Crippen LogP contribution in [0, 0.1) is 5.92 Å². The van der Waals surface area contributed by atoms with Gasteiger partial charge in [-0.1, -0.05) is 6.08 Å². The molecule has 0 bridgehead atoms. The van der Waals surface area contributed by atoms with Gasteiger partial charge in [0.25, 0.3) is 0 Å². The summed E-state index contributed by atoms with van der Waals surface area (Å²) in [5.41, 5.74) is 0.869. The van der Waals surface area contributed by atoms with Gasteiger partial charge in [0.05, 0.1) is 12.5 Å². The smallest absolute Gasteiger partial charge is 0.312 e. The number of carbonyl (C=O) groups is 2. The standard InChI is InChI=1S/C12H18O4/c1-4-15-12(14)8(2)10-6-5-7-11(10)16-9(3)13/h6,8,11H,4-5,7H2,1-3H3/t8?,11-/m0/s1. The summed E-state index contributed by atoms with van der Waals surface area (Å²) in [6, 6.07) is 0. The summed E-state index contributed by atoms with van der Waals surface area (Å²) in [6.07, 6.45) is 3.32. The summed E-state index contributed by atoms with van der Waals surface area (Å²) >= 11 is 0. The SMILES string of the molecule is CCOC(=O)C(C)C1=CCC[C@@H]1OC(C)=O. The molecule has 4 heteroatoms. The minimum absolute atomic E-state index is 0.253. The highest BCUT2D eigenvalue weighted by molar-refractivity contribution is 5.76. The van der Waals surface area contributed by atoms with Crippen molar-refractivity contribution in [3.05, 3.63) is 11.6 Å². The Kier molecular flexibility index (Phi) is 4.52. The summed E-state index contributed by atoms with van der Waals surface area (Å²) in [7, 11) is 0. The maximum atomic E-state index is 11.6.